The van der Waals surface area contributed by atoms with Crippen LogP contribution < -0.4 is 0 Å². The second-order valence-electron chi connectivity index (χ2n) is 6.55. The fourth-order valence-electron chi connectivity index (χ4n) is 2.86. The van der Waals surface area contributed by atoms with Crippen LogP contribution in [0, 0.1) is 0 Å². The molecule has 11 heteroatoms. The lowest BCUT2D eigenvalue weighted by Crippen LogP contribution is -2.40. The van der Waals surface area contributed by atoms with Gasteiger partial charge in [-0.3, -0.25) is 0 Å². The van der Waals surface area contributed by atoms with Gasteiger partial charge in [-0.25, -0.2) is 13.2 Å². The molecular formula is C20H20F3NO5S2. The van der Waals surface area contributed by atoms with Crippen molar-refractivity contribution in [1.82, 2.24) is 4.31 Å². The third-order valence-corrected chi connectivity index (χ3v) is 7.28. The van der Waals surface area contributed by atoms with Crippen molar-refractivity contribution in [1.29, 1.82) is 0 Å². The minimum Gasteiger partial charge on any atom is -0.461 e. The van der Waals surface area contributed by atoms with Gasteiger partial charge in [0.2, 0.25) is 10.0 Å². The average molecular weight is 476 g/mol. The largest absolute Gasteiger partial charge is 0.461 e. The summed E-state index contributed by atoms with van der Waals surface area (Å²) in [4.78, 5) is 12.7. The van der Waals surface area contributed by atoms with E-state index in [1.807, 2.05) is 0 Å². The number of benzene rings is 2. The van der Waals surface area contributed by atoms with E-state index in [0.29, 0.717) is 18.1 Å². The van der Waals surface area contributed by atoms with E-state index < -0.39 is 27.7 Å². The molecule has 31 heavy (non-hydrogen) atoms. The van der Waals surface area contributed by atoms with E-state index in [9.17, 15) is 26.4 Å². The first-order chi connectivity index (χ1) is 14.7. The van der Waals surface area contributed by atoms with Gasteiger partial charge in [0.05, 0.1) is 29.2 Å². The molecule has 0 N–H and O–H groups in total. The van der Waals surface area contributed by atoms with E-state index >= 15 is 0 Å². The van der Waals surface area contributed by atoms with Gasteiger partial charge >= 0.3 is 12.1 Å². The third-order valence-electron chi connectivity index (χ3n) is 4.42. The molecule has 1 fully saturated rings. The highest BCUT2D eigenvalue weighted by molar-refractivity contribution is 7.99. The van der Waals surface area contributed by atoms with Crippen LogP contribution in [0.25, 0.3) is 0 Å². The number of carbonyl (C=O) groups is 1. The number of carbonyl (C=O) groups excluding carboxylic acids is 1. The van der Waals surface area contributed by atoms with Crippen molar-refractivity contribution in [3.63, 3.8) is 0 Å². The smallest absolute Gasteiger partial charge is 0.416 e. The zero-order valence-electron chi connectivity index (χ0n) is 16.3. The number of hydrogen-bond acceptors (Lipinski definition) is 6. The molecule has 168 valence electrons. The summed E-state index contributed by atoms with van der Waals surface area (Å²) >= 11 is 1.12. The second-order valence-corrected chi connectivity index (χ2v) is 9.66. The first-order valence-electron chi connectivity index (χ1n) is 9.33. The van der Waals surface area contributed by atoms with Gasteiger partial charge in [-0.1, -0.05) is 12.1 Å². The van der Waals surface area contributed by atoms with Crippen molar-refractivity contribution in [2.24, 2.45) is 0 Å². The predicted molar refractivity (Wildman–Crippen MR) is 108 cm³/mol. The number of thioether (sulfide) groups is 1. The normalized spacial score (nSPS) is 15.6. The third kappa shape index (κ3) is 6.22. The maximum Gasteiger partial charge on any atom is 0.416 e. The first kappa shape index (κ1) is 23.6. The van der Waals surface area contributed by atoms with Crippen LogP contribution in [0.15, 0.2) is 58.3 Å². The van der Waals surface area contributed by atoms with Crippen LogP contribution in [0.5, 0.6) is 0 Å². The van der Waals surface area contributed by atoms with Crippen molar-refractivity contribution in [3.8, 4) is 0 Å². The summed E-state index contributed by atoms with van der Waals surface area (Å²) < 4.78 is 75.3. The molecule has 3 rings (SSSR count). The van der Waals surface area contributed by atoms with Gasteiger partial charge in [-0.2, -0.15) is 17.5 Å². The van der Waals surface area contributed by atoms with Gasteiger partial charge in [0.15, 0.2) is 0 Å². The molecule has 6 nitrogen and oxygen atoms in total. The van der Waals surface area contributed by atoms with Crippen LogP contribution in [0.3, 0.4) is 0 Å². The number of alkyl halides is 3. The maximum atomic E-state index is 12.8. The zero-order chi connectivity index (χ0) is 22.5. The molecule has 1 saturated heterocycles. The minimum atomic E-state index is -4.42. The Morgan fingerprint density at radius 1 is 1.10 bits per heavy atom. The number of esters is 1. The lowest BCUT2D eigenvalue weighted by molar-refractivity contribution is -0.137. The number of hydrogen-bond donors (Lipinski definition) is 0. The molecule has 0 bridgehead atoms. The van der Waals surface area contributed by atoms with Gasteiger partial charge < -0.3 is 9.47 Å². The molecule has 1 aliphatic rings. The number of sulfonamides is 1. The summed E-state index contributed by atoms with van der Waals surface area (Å²) in [5, 5.41) is 0. The van der Waals surface area contributed by atoms with Gasteiger partial charge in [-0.15, -0.1) is 11.8 Å². The summed E-state index contributed by atoms with van der Waals surface area (Å²) in [5.41, 5.74) is -0.661. The predicted octanol–water partition coefficient (Wildman–Crippen LogP) is 3.68. The number of morpholine rings is 1. The number of halogens is 3. The fourth-order valence-corrected chi connectivity index (χ4v) is 5.10. The lowest BCUT2D eigenvalue weighted by Gasteiger charge is -2.26. The summed E-state index contributed by atoms with van der Waals surface area (Å²) in [5.74, 6) is -0.456. The molecule has 0 spiro atoms. The minimum absolute atomic E-state index is 0.0119. The highest BCUT2D eigenvalue weighted by Gasteiger charge is 2.30. The molecule has 1 heterocycles. The molecule has 2 aromatic carbocycles. The van der Waals surface area contributed by atoms with Crippen molar-refractivity contribution >= 4 is 27.8 Å². The molecule has 0 radical (unpaired) electrons. The Morgan fingerprint density at radius 2 is 1.81 bits per heavy atom. The number of rotatable bonds is 7. The van der Waals surface area contributed by atoms with Crippen LogP contribution in [0.4, 0.5) is 13.2 Å². The Morgan fingerprint density at radius 3 is 2.52 bits per heavy atom. The van der Waals surface area contributed by atoms with Crippen molar-refractivity contribution in [2.45, 2.75) is 16.0 Å². The Hall–Kier alpha value is -2.08. The Bertz CT molecular complexity index is 1020. The standard InChI is InChI=1S/C20H20F3NO5S2/c21-20(22,23)16-4-2-5-17(14-16)30-12-11-29-19(25)15-3-1-6-18(13-15)31(26,27)24-7-9-28-10-8-24/h1-6,13-14H,7-12H2. The quantitative estimate of drug-likeness (QED) is 0.346. The van der Waals surface area contributed by atoms with E-state index in [2.05, 4.69) is 0 Å². The molecule has 0 saturated carbocycles. The van der Waals surface area contributed by atoms with Crippen LogP contribution in [-0.2, 0) is 25.7 Å². The van der Waals surface area contributed by atoms with E-state index in [4.69, 9.17) is 9.47 Å². The highest BCUT2D eigenvalue weighted by atomic mass is 32.2. The first-order valence-corrected chi connectivity index (χ1v) is 11.8. The maximum absolute atomic E-state index is 12.8. The summed E-state index contributed by atoms with van der Waals surface area (Å²) in [6.45, 7) is 1.06. The van der Waals surface area contributed by atoms with Crippen LogP contribution >= 0.6 is 11.8 Å². The van der Waals surface area contributed by atoms with Crippen molar-refractivity contribution < 1.29 is 35.9 Å². The van der Waals surface area contributed by atoms with Crippen LogP contribution in [0.2, 0.25) is 0 Å². The SMILES string of the molecule is O=C(OCCSc1cccc(C(F)(F)F)c1)c1cccc(S(=O)(=O)N2CCOCC2)c1. The van der Waals surface area contributed by atoms with Gasteiger partial charge in [0, 0.05) is 23.7 Å². The molecule has 1 aliphatic heterocycles. The van der Waals surface area contributed by atoms with E-state index in [1.165, 1.54) is 34.6 Å². The molecular weight excluding hydrogens is 455 g/mol. The molecule has 0 aromatic heterocycles. The molecule has 0 unspecified atom stereocenters. The second kappa shape index (κ2) is 10.0. The fraction of sp³-hybridized carbons (Fsp3) is 0.350. The zero-order valence-corrected chi connectivity index (χ0v) is 17.9. The highest BCUT2D eigenvalue weighted by Crippen LogP contribution is 2.31. The molecule has 0 aliphatic carbocycles. The molecule has 0 amide bonds. The lowest BCUT2D eigenvalue weighted by atomic mass is 10.2. The van der Waals surface area contributed by atoms with E-state index in [-0.39, 0.29) is 35.9 Å². The van der Waals surface area contributed by atoms with Crippen LogP contribution in [0.1, 0.15) is 15.9 Å². The van der Waals surface area contributed by atoms with Crippen LogP contribution in [-0.4, -0.2) is 57.4 Å². The Balaban J connectivity index is 1.56. The van der Waals surface area contributed by atoms with E-state index in [1.54, 1.807) is 6.07 Å². The summed E-state index contributed by atoms with van der Waals surface area (Å²) in [6, 6.07) is 10.5. The number of nitrogens with zero attached hydrogens (tertiary/aromatic N) is 1. The Kier molecular flexibility index (Phi) is 7.63. The molecule has 0 atom stereocenters. The summed E-state index contributed by atoms with van der Waals surface area (Å²) in [7, 11) is -3.75. The van der Waals surface area contributed by atoms with Crippen molar-refractivity contribution in [2.75, 3.05) is 38.7 Å². The van der Waals surface area contributed by atoms with Gasteiger partial charge in [0.25, 0.3) is 0 Å². The number of ether oxygens (including phenoxy) is 2. The van der Waals surface area contributed by atoms with Gasteiger partial charge in [0.1, 0.15) is 6.61 Å². The van der Waals surface area contributed by atoms with Crippen molar-refractivity contribution in [3.05, 3.63) is 59.7 Å². The van der Waals surface area contributed by atoms with Gasteiger partial charge in [-0.05, 0) is 36.4 Å². The Labute approximate surface area is 182 Å². The summed E-state index contributed by atoms with van der Waals surface area (Å²) in [6.07, 6.45) is -4.42. The molecule has 2 aromatic rings. The average Bonchev–Trinajstić information content (AvgIpc) is 2.77. The topological polar surface area (TPSA) is 72.9 Å². The van der Waals surface area contributed by atoms with E-state index in [0.717, 1.165) is 23.9 Å². The monoisotopic (exact) mass is 475 g/mol.